The van der Waals surface area contributed by atoms with Crippen molar-refractivity contribution < 1.29 is 8.42 Å². The van der Waals surface area contributed by atoms with Crippen LogP contribution in [0.1, 0.15) is 25.3 Å². The minimum absolute atomic E-state index is 0.395. The van der Waals surface area contributed by atoms with Gasteiger partial charge >= 0.3 is 0 Å². The smallest absolute Gasteiger partial charge is 0.274 e. The van der Waals surface area contributed by atoms with Crippen LogP contribution in [0.5, 0.6) is 0 Å². The Labute approximate surface area is 193 Å². The van der Waals surface area contributed by atoms with Gasteiger partial charge in [-0.2, -0.15) is 0 Å². The van der Waals surface area contributed by atoms with E-state index in [0.29, 0.717) is 21.5 Å². The minimum Gasteiger partial charge on any atom is -0.369 e. The first-order valence-electron chi connectivity index (χ1n) is 10.7. The molecule has 1 aromatic heterocycles. The van der Waals surface area contributed by atoms with Gasteiger partial charge in [0.1, 0.15) is 4.21 Å². The highest BCUT2D eigenvalue weighted by molar-refractivity contribution is 7.95. The molecule has 3 aromatic rings. The molecule has 1 fully saturated rings. The van der Waals surface area contributed by atoms with Gasteiger partial charge in [0.15, 0.2) is 0 Å². The number of sulfonamides is 1. The molecule has 8 heteroatoms. The molecule has 4 rings (SSSR count). The van der Waals surface area contributed by atoms with Gasteiger partial charge in [-0.15, -0.1) is 11.3 Å². The second-order valence-electron chi connectivity index (χ2n) is 7.84. The zero-order valence-electron chi connectivity index (χ0n) is 17.9. The van der Waals surface area contributed by atoms with Crippen molar-refractivity contribution in [2.24, 2.45) is 0 Å². The molecule has 0 aliphatic carbocycles. The number of hydrogen-bond donors (Lipinski definition) is 1. The van der Waals surface area contributed by atoms with Gasteiger partial charge in [-0.25, -0.2) is 8.42 Å². The Hall–Kier alpha value is -1.80. The molecular formula is C23H28ClN3O2S2. The Morgan fingerprint density at radius 3 is 2.52 bits per heavy atom. The topological polar surface area (TPSA) is 52.6 Å². The largest absolute Gasteiger partial charge is 0.369 e. The highest BCUT2D eigenvalue weighted by atomic mass is 35.5. The molecule has 166 valence electrons. The minimum atomic E-state index is -3.68. The van der Waals surface area contributed by atoms with Crippen molar-refractivity contribution in [1.82, 2.24) is 5.32 Å². The van der Waals surface area contributed by atoms with Crippen molar-refractivity contribution >= 4 is 54.4 Å². The number of thiophene rings is 1. The van der Waals surface area contributed by atoms with Crippen LogP contribution in [0.15, 0.2) is 46.7 Å². The second-order valence-corrected chi connectivity index (χ2v) is 11.4. The van der Waals surface area contributed by atoms with E-state index in [1.807, 2.05) is 43.3 Å². The second kappa shape index (κ2) is 9.36. The lowest BCUT2D eigenvalue weighted by atomic mass is 10.2. The van der Waals surface area contributed by atoms with E-state index in [0.717, 1.165) is 60.4 Å². The van der Waals surface area contributed by atoms with E-state index < -0.39 is 10.0 Å². The number of benzene rings is 2. The quantitative estimate of drug-likeness (QED) is 0.503. The number of hydrogen-bond acceptors (Lipinski definition) is 5. The van der Waals surface area contributed by atoms with Crippen molar-refractivity contribution in [1.29, 1.82) is 0 Å². The summed E-state index contributed by atoms with van der Waals surface area (Å²) in [6.07, 6.45) is 1.72. The maximum absolute atomic E-state index is 13.8. The summed E-state index contributed by atoms with van der Waals surface area (Å²) < 4.78 is 30.5. The summed E-state index contributed by atoms with van der Waals surface area (Å²) in [4.78, 5) is 2.32. The van der Waals surface area contributed by atoms with Gasteiger partial charge in [0.2, 0.25) is 0 Å². The molecule has 5 nitrogen and oxygen atoms in total. The maximum atomic E-state index is 13.8. The number of unbranched alkanes of at least 4 members (excludes halogenated alkanes) is 1. The molecule has 0 bridgehead atoms. The Balaban J connectivity index is 1.71. The number of rotatable bonds is 7. The molecule has 1 aliphatic heterocycles. The van der Waals surface area contributed by atoms with E-state index in [2.05, 4.69) is 17.1 Å². The van der Waals surface area contributed by atoms with Gasteiger partial charge in [0.05, 0.1) is 5.69 Å². The predicted octanol–water partition coefficient (Wildman–Crippen LogP) is 5.27. The summed E-state index contributed by atoms with van der Waals surface area (Å²) in [6.45, 7) is 8.25. The maximum Gasteiger partial charge on any atom is 0.274 e. The van der Waals surface area contributed by atoms with Crippen molar-refractivity contribution in [2.45, 2.75) is 30.9 Å². The first kappa shape index (κ1) is 22.4. The summed E-state index contributed by atoms with van der Waals surface area (Å²) in [5, 5.41) is 4.88. The van der Waals surface area contributed by atoms with E-state index >= 15 is 0 Å². The number of halogens is 1. The van der Waals surface area contributed by atoms with Crippen molar-refractivity contribution in [2.75, 3.05) is 41.9 Å². The van der Waals surface area contributed by atoms with Gasteiger partial charge in [0, 0.05) is 48.1 Å². The molecule has 0 amide bonds. The summed E-state index contributed by atoms with van der Waals surface area (Å²) in [7, 11) is -3.68. The Morgan fingerprint density at radius 2 is 1.84 bits per heavy atom. The molecule has 0 unspecified atom stereocenters. The van der Waals surface area contributed by atoms with Gasteiger partial charge in [-0.1, -0.05) is 24.9 Å². The zero-order valence-corrected chi connectivity index (χ0v) is 20.3. The third-order valence-corrected chi connectivity index (χ3v) is 9.65. The molecule has 2 heterocycles. The summed E-state index contributed by atoms with van der Waals surface area (Å²) in [6, 6.07) is 13.5. The van der Waals surface area contributed by atoms with E-state index in [-0.39, 0.29) is 0 Å². The van der Waals surface area contributed by atoms with Crippen LogP contribution in [-0.4, -0.2) is 41.1 Å². The molecule has 0 spiro atoms. The zero-order chi connectivity index (χ0) is 22.0. The van der Waals surface area contributed by atoms with Crippen molar-refractivity contribution in [3.63, 3.8) is 0 Å². The van der Waals surface area contributed by atoms with Gasteiger partial charge in [-0.3, -0.25) is 4.31 Å². The molecule has 2 aromatic carbocycles. The SMILES string of the molecule is CCCCN(c1ccc(N2CCNCC2)cc1)S(=O)(=O)c1sc2ccc(Cl)cc2c1C. The Morgan fingerprint density at radius 1 is 1.13 bits per heavy atom. The fourth-order valence-electron chi connectivity index (χ4n) is 3.96. The molecule has 1 saturated heterocycles. The summed E-state index contributed by atoms with van der Waals surface area (Å²) in [5.41, 5.74) is 2.61. The Bertz CT molecular complexity index is 1150. The highest BCUT2D eigenvalue weighted by Crippen LogP contribution is 2.38. The fraction of sp³-hybridized carbons (Fsp3) is 0.391. The average Bonchev–Trinajstić information content (AvgIpc) is 3.11. The van der Waals surface area contributed by atoms with Crippen LogP contribution in [-0.2, 0) is 10.0 Å². The van der Waals surface area contributed by atoms with E-state index in [1.54, 1.807) is 10.4 Å². The molecule has 1 aliphatic rings. The van der Waals surface area contributed by atoms with Crippen molar-refractivity contribution in [3.05, 3.63) is 53.1 Å². The molecule has 0 atom stereocenters. The van der Waals surface area contributed by atoms with Crippen molar-refractivity contribution in [3.8, 4) is 0 Å². The van der Waals surface area contributed by atoms with E-state index in [1.165, 1.54) is 11.3 Å². The molecule has 0 radical (unpaired) electrons. The van der Waals surface area contributed by atoms with Gasteiger partial charge in [-0.05, 0) is 66.8 Å². The average molecular weight is 478 g/mol. The first-order chi connectivity index (χ1) is 14.9. The van der Waals surface area contributed by atoms with Gasteiger partial charge in [0.25, 0.3) is 10.0 Å². The number of piperazine rings is 1. The standard InChI is InChI=1S/C23H28ClN3O2S2/c1-3-4-13-27(20-8-6-19(7-9-20)26-14-11-25-12-15-26)31(28,29)23-17(2)21-16-18(24)5-10-22(21)30-23/h5-10,16,25H,3-4,11-15H2,1-2H3. The van der Waals surface area contributed by atoms with Crippen LogP contribution in [0.4, 0.5) is 11.4 Å². The number of fused-ring (bicyclic) bond motifs is 1. The van der Waals surface area contributed by atoms with Crippen LogP contribution in [0, 0.1) is 6.92 Å². The van der Waals surface area contributed by atoms with Gasteiger partial charge < -0.3 is 10.2 Å². The number of aryl methyl sites for hydroxylation is 1. The third kappa shape index (κ3) is 4.55. The monoisotopic (exact) mass is 477 g/mol. The highest BCUT2D eigenvalue weighted by Gasteiger charge is 2.29. The number of anilines is 2. The lowest BCUT2D eigenvalue weighted by Gasteiger charge is -2.30. The molecule has 31 heavy (non-hydrogen) atoms. The number of nitrogens with one attached hydrogen (secondary N) is 1. The van der Waals surface area contributed by atoms with E-state index in [9.17, 15) is 8.42 Å². The lowest BCUT2D eigenvalue weighted by Crippen LogP contribution is -2.43. The normalized spacial score (nSPS) is 14.9. The first-order valence-corrected chi connectivity index (χ1v) is 13.3. The number of nitrogens with zero attached hydrogens (tertiary/aromatic N) is 2. The van der Waals surface area contributed by atoms with E-state index in [4.69, 9.17) is 11.6 Å². The lowest BCUT2D eigenvalue weighted by molar-refractivity contribution is 0.589. The summed E-state index contributed by atoms with van der Waals surface area (Å²) in [5.74, 6) is 0. The molecular weight excluding hydrogens is 450 g/mol. The molecule has 1 N–H and O–H groups in total. The van der Waals surface area contributed by atoms with Crippen LogP contribution in [0.3, 0.4) is 0 Å². The van der Waals surface area contributed by atoms with Crippen LogP contribution < -0.4 is 14.5 Å². The van der Waals surface area contributed by atoms with Crippen LogP contribution >= 0.6 is 22.9 Å². The fourth-order valence-corrected chi connectivity index (χ4v) is 7.48. The van der Waals surface area contributed by atoms with Crippen LogP contribution in [0.2, 0.25) is 5.02 Å². The molecule has 0 saturated carbocycles. The Kier molecular flexibility index (Phi) is 6.77. The summed E-state index contributed by atoms with van der Waals surface area (Å²) >= 11 is 7.48. The van der Waals surface area contributed by atoms with Crippen LogP contribution in [0.25, 0.3) is 10.1 Å². The predicted molar refractivity (Wildman–Crippen MR) is 133 cm³/mol. The third-order valence-electron chi connectivity index (χ3n) is 5.71.